The number of phenolic OH excluding ortho intramolecular Hbond substituents is 1. The number of hydrogen-bond donors (Lipinski definition) is 2. The average Bonchev–Trinajstić information content (AvgIpc) is 2.88. The van der Waals surface area contributed by atoms with E-state index >= 15 is 0 Å². The summed E-state index contributed by atoms with van der Waals surface area (Å²) in [4.78, 5) is 0. The maximum Gasteiger partial charge on any atom is 0.165 e. The molecule has 0 aromatic heterocycles. The summed E-state index contributed by atoms with van der Waals surface area (Å²) in [6.45, 7) is 1.82. The van der Waals surface area contributed by atoms with Gasteiger partial charge in [-0.15, -0.1) is 0 Å². The quantitative estimate of drug-likeness (QED) is 0.802. The molecule has 15 heavy (non-hydrogen) atoms. The van der Waals surface area contributed by atoms with Crippen LogP contribution < -0.4 is 5.73 Å². The zero-order chi connectivity index (χ0) is 11.1. The second kappa shape index (κ2) is 3.49. The van der Waals surface area contributed by atoms with Crippen molar-refractivity contribution in [3.05, 3.63) is 29.1 Å². The van der Waals surface area contributed by atoms with Crippen LogP contribution in [0.2, 0.25) is 0 Å². The summed E-state index contributed by atoms with van der Waals surface area (Å²) in [6, 6.07) is 3.17. The maximum absolute atomic E-state index is 13.2. The largest absolute Gasteiger partial charge is 0.505 e. The maximum atomic E-state index is 13.2. The third-order valence-electron chi connectivity index (χ3n) is 3.07. The first-order valence-electron chi connectivity index (χ1n) is 5.27. The Morgan fingerprint density at radius 3 is 2.73 bits per heavy atom. The molecule has 1 aromatic rings. The van der Waals surface area contributed by atoms with Gasteiger partial charge < -0.3 is 10.8 Å². The highest BCUT2D eigenvalue weighted by molar-refractivity contribution is 5.37. The molecule has 1 aliphatic rings. The van der Waals surface area contributed by atoms with Gasteiger partial charge in [-0.1, -0.05) is 6.07 Å². The molecule has 0 radical (unpaired) electrons. The Hall–Kier alpha value is -1.09. The van der Waals surface area contributed by atoms with Crippen molar-refractivity contribution in [2.24, 2.45) is 5.73 Å². The van der Waals surface area contributed by atoms with Gasteiger partial charge in [-0.3, -0.25) is 0 Å². The molecule has 1 fully saturated rings. The zero-order valence-electron chi connectivity index (χ0n) is 8.89. The SMILES string of the molecule is Cc1cc(F)c(O)c(CCC2(N)CC2)c1. The van der Waals surface area contributed by atoms with E-state index in [-0.39, 0.29) is 11.3 Å². The Balaban J connectivity index is 2.13. The van der Waals surface area contributed by atoms with E-state index in [2.05, 4.69) is 0 Å². The first-order valence-corrected chi connectivity index (χ1v) is 5.27. The summed E-state index contributed by atoms with van der Waals surface area (Å²) in [5, 5.41) is 9.52. The number of aryl methyl sites for hydroxylation is 2. The minimum atomic E-state index is -0.535. The van der Waals surface area contributed by atoms with Crippen LogP contribution in [-0.2, 0) is 6.42 Å². The fourth-order valence-corrected chi connectivity index (χ4v) is 1.79. The third-order valence-corrected chi connectivity index (χ3v) is 3.07. The smallest absolute Gasteiger partial charge is 0.165 e. The molecule has 2 nitrogen and oxygen atoms in total. The van der Waals surface area contributed by atoms with E-state index in [0.29, 0.717) is 12.0 Å². The molecule has 82 valence electrons. The average molecular weight is 209 g/mol. The van der Waals surface area contributed by atoms with Crippen molar-refractivity contribution in [2.45, 2.75) is 38.1 Å². The molecule has 0 aliphatic heterocycles. The van der Waals surface area contributed by atoms with E-state index in [1.165, 1.54) is 6.07 Å². The predicted octanol–water partition coefficient (Wildman–Crippen LogP) is 2.26. The van der Waals surface area contributed by atoms with Crippen LogP contribution in [0.3, 0.4) is 0 Å². The summed E-state index contributed by atoms with van der Waals surface area (Å²) >= 11 is 0. The van der Waals surface area contributed by atoms with Crippen molar-refractivity contribution in [2.75, 3.05) is 0 Å². The minimum Gasteiger partial charge on any atom is -0.505 e. The van der Waals surface area contributed by atoms with Crippen LogP contribution in [0.1, 0.15) is 30.4 Å². The van der Waals surface area contributed by atoms with Crippen LogP contribution in [0, 0.1) is 12.7 Å². The number of halogens is 1. The Morgan fingerprint density at radius 2 is 2.13 bits per heavy atom. The first-order chi connectivity index (χ1) is 7.00. The summed E-state index contributed by atoms with van der Waals surface area (Å²) < 4.78 is 13.2. The van der Waals surface area contributed by atoms with Crippen LogP contribution in [0.25, 0.3) is 0 Å². The molecule has 3 heteroatoms. The van der Waals surface area contributed by atoms with Gasteiger partial charge in [0.1, 0.15) is 0 Å². The van der Waals surface area contributed by atoms with E-state index in [9.17, 15) is 9.50 Å². The van der Waals surface area contributed by atoms with Crippen LogP contribution in [0.15, 0.2) is 12.1 Å². The van der Waals surface area contributed by atoms with E-state index < -0.39 is 5.82 Å². The van der Waals surface area contributed by atoms with Gasteiger partial charge in [-0.25, -0.2) is 4.39 Å². The molecule has 0 saturated heterocycles. The van der Waals surface area contributed by atoms with Crippen molar-refractivity contribution in [3.8, 4) is 5.75 Å². The molecule has 0 spiro atoms. The number of rotatable bonds is 3. The number of benzene rings is 1. The zero-order valence-corrected chi connectivity index (χ0v) is 8.89. The van der Waals surface area contributed by atoms with E-state index in [1.807, 2.05) is 13.0 Å². The lowest BCUT2D eigenvalue weighted by Crippen LogP contribution is -2.22. The topological polar surface area (TPSA) is 46.2 Å². The van der Waals surface area contributed by atoms with Crippen molar-refractivity contribution >= 4 is 0 Å². The highest BCUT2D eigenvalue weighted by Crippen LogP contribution is 2.37. The van der Waals surface area contributed by atoms with Gasteiger partial charge in [0.15, 0.2) is 11.6 Å². The molecular weight excluding hydrogens is 193 g/mol. The molecule has 1 aromatic carbocycles. The number of aromatic hydroxyl groups is 1. The van der Waals surface area contributed by atoms with Gasteiger partial charge >= 0.3 is 0 Å². The van der Waals surface area contributed by atoms with Gasteiger partial charge in [0, 0.05) is 5.54 Å². The Kier molecular flexibility index (Phi) is 2.43. The highest BCUT2D eigenvalue weighted by Gasteiger charge is 2.37. The number of phenols is 1. The Labute approximate surface area is 88.9 Å². The van der Waals surface area contributed by atoms with Crippen LogP contribution in [-0.4, -0.2) is 10.6 Å². The summed E-state index contributed by atoms with van der Waals surface area (Å²) in [5.41, 5.74) is 7.40. The van der Waals surface area contributed by atoms with Gasteiger partial charge in [-0.05, 0) is 49.8 Å². The minimum absolute atomic E-state index is 0.0489. The van der Waals surface area contributed by atoms with Gasteiger partial charge in [-0.2, -0.15) is 0 Å². The molecule has 0 amide bonds. The van der Waals surface area contributed by atoms with Crippen molar-refractivity contribution in [3.63, 3.8) is 0 Å². The molecule has 0 heterocycles. The van der Waals surface area contributed by atoms with Gasteiger partial charge in [0.05, 0.1) is 0 Å². The summed E-state index contributed by atoms with van der Waals surface area (Å²) in [5.74, 6) is -0.753. The monoisotopic (exact) mass is 209 g/mol. The van der Waals surface area contributed by atoms with Crippen LogP contribution in [0.4, 0.5) is 4.39 Å². The second-order valence-electron chi connectivity index (χ2n) is 4.62. The molecule has 1 aliphatic carbocycles. The van der Waals surface area contributed by atoms with Crippen molar-refractivity contribution in [1.82, 2.24) is 0 Å². The van der Waals surface area contributed by atoms with E-state index in [1.54, 1.807) is 0 Å². The number of hydrogen-bond acceptors (Lipinski definition) is 2. The fraction of sp³-hybridized carbons (Fsp3) is 0.500. The molecular formula is C12H16FNO. The van der Waals surface area contributed by atoms with E-state index in [0.717, 1.165) is 24.8 Å². The molecule has 0 bridgehead atoms. The molecule has 3 N–H and O–H groups in total. The standard InChI is InChI=1S/C12H16FNO/c1-8-6-9(11(15)10(13)7-8)2-3-12(14)4-5-12/h6-7,15H,2-5,14H2,1H3. The molecule has 1 saturated carbocycles. The van der Waals surface area contributed by atoms with E-state index in [4.69, 9.17) is 5.73 Å². The van der Waals surface area contributed by atoms with Gasteiger partial charge in [0.25, 0.3) is 0 Å². The molecule has 0 unspecified atom stereocenters. The molecule has 2 rings (SSSR count). The normalized spacial score (nSPS) is 17.8. The third kappa shape index (κ3) is 2.29. The summed E-state index contributed by atoms with van der Waals surface area (Å²) in [6.07, 6.45) is 3.56. The second-order valence-corrected chi connectivity index (χ2v) is 4.62. The summed E-state index contributed by atoms with van der Waals surface area (Å²) in [7, 11) is 0. The Morgan fingerprint density at radius 1 is 1.47 bits per heavy atom. The lowest BCUT2D eigenvalue weighted by molar-refractivity contribution is 0.423. The van der Waals surface area contributed by atoms with Crippen LogP contribution in [0.5, 0.6) is 5.75 Å². The number of nitrogens with two attached hydrogens (primary N) is 1. The predicted molar refractivity (Wildman–Crippen MR) is 57.3 cm³/mol. The highest BCUT2D eigenvalue weighted by atomic mass is 19.1. The fourth-order valence-electron chi connectivity index (χ4n) is 1.79. The Bertz CT molecular complexity index is 385. The lowest BCUT2D eigenvalue weighted by Gasteiger charge is -2.10. The lowest BCUT2D eigenvalue weighted by atomic mass is 10.0. The van der Waals surface area contributed by atoms with Gasteiger partial charge in [0.2, 0.25) is 0 Å². The van der Waals surface area contributed by atoms with Crippen LogP contribution >= 0.6 is 0 Å². The van der Waals surface area contributed by atoms with Crippen molar-refractivity contribution < 1.29 is 9.50 Å². The first kappa shape index (κ1) is 10.4. The molecule has 0 atom stereocenters. The van der Waals surface area contributed by atoms with Crippen molar-refractivity contribution in [1.29, 1.82) is 0 Å².